The predicted octanol–water partition coefficient (Wildman–Crippen LogP) is 1.36. The van der Waals surface area contributed by atoms with Gasteiger partial charge in [-0.2, -0.15) is 8.42 Å². The van der Waals surface area contributed by atoms with Crippen LogP contribution in [0.3, 0.4) is 0 Å². The van der Waals surface area contributed by atoms with Crippen LogP contribution in [0.4, 0.5) is 0 Å². The summed E-state index contributed by atoms with van der Waals surface area (Å²) >= 11 is 0. The van der Waals surface area contributed by atoms with Crippen molar-refractivity contribution in [3.05, 3.63) is 35.9 Å². The van der Waals surface area contributed by atoms with Crippen molar-refractivity contribution in [2.45, 2.75) is 31.7 Å². The van der Waals surface area contributed by atoms with E-state index in [0.717, 1.165) is 11.8 Å². The SMILES string of the molecule is CC1OC1C(Cc1ccccc1)OS(C)(=O)=O. The van der Waals surface area contributed by atoms with E-state index in [-0.39, 0.29) is 12.2 Å². The van der Waals surface area contributed by atoms with Crippen molar-refractivity contribution in [3.63, 3.8) is 0 Å². The van der Waals surface area contributed by atoms with Gasteiger partial charge in [-0.05, 0) is 12.5 Å². The number of ether oxygens (including phenoxy) is 1. The lowest BCUT2D eigenvalue weighted by Crippen LogP contribution is -2.26. The Kier molecular flexibility index (Phi) is 3.51. The van der Waals surface area contributed by atoms with Gasteiger partial charge in [-0.3, -0.25) is 4.18 Å². The Bertz CT molecular complexity index is 469. The highest BCUT2D eigenvalue weighted by Gasteiger charge is 2.43. The van der Waals surface area contributed by atoms with Crippen molar-refractivity contribution in [2.24, 2.45) is 0 Å². The van der Waals surface area contributed by atoms with Crippen molar-refractivity contribution in [2.75, 3.05) is 6.26 Å². The molecule has 0 N–H and O–H groups in total. The first-order valence-electron chi connectivity index (χ1n) is 5.53. The number of rotatable bonds is 5. The minimum absolute atomic E-state index is 0.0745. The molecule has 5 heteroatoms. The maximum absolute atomic E-state index is 11.2. The Labute approximate surface area is 102 Å². The molecule has 1 heterocycles. The lowest BCUT2D eigenvalue weighted by atomic mass is 10.0. The van der Waals surface area contributed by atoms with E-state index in [9.17, 15) is 8.42 Å². The molecule has 1 aliphatic rings. The molecule has 0 radical (unpaired) electrons. The summed E-state index contributed by atoms with van der Waals surface area (Å²) in [6.07, 6.45) is 1.14. The van der Waals surface area contributed by atoms with Crippen LogP contribution in [0.2, 0.25) is 0 Å². The molecule has 3 atom stereocenters. The Morgan fingerprint density at radius 2 is 1.94 bits per heavy atom. The normalized spacial score (nSPS) is 25.5. The molecule has 0 aromatic heterocycles. The number of hydrogen-bond donors (Lipinski definition) is 0. The summed E-state index contributed by atoms with van der Waals surface area (Å²) in [6.45, 7) is 1.91. The minimum atomic E-state index is -3.45. The van der Waals surface area contributed by atoms with E-state index in [0.29, 0.717) is 6.42 Å². The second-order valence-electron chi connectivity index (χ2n) is 4.33. The largest absolute Gasteiger partial charge is 0.367 e. The Hall–Kier alpha value is -0.910. The molecule has 2 rings (SSSR count). The molecule has 3 unspecified atom stereocenters. The van der Waals surface area contributed by atoms with E-state index in [1.165, 1.54) is 0 Å². The van der Waals surface area contributed by atoms with E-state index < -0.39 is 16.2 Å². The molecule has 1 aromatic carbocycles. The smallest absolute Gasteiger partial charge is 0.264 e. The predicted molar refractivity (Wildman–Crippen MR) is 64.2 cm³/mol. The van der Waals surface area contributed by atoms with E-state index >= 15 is 0 Å². The van der Waals surface area contributed by atoms with Crippen LogP contribution in [0.25, 0.3) is 0 Å². The van der Waals surface area contributed by atoms with Gasteiger partial charge in [0.2, 0.25) is 0 Å². The van der Waals surface area contributed by atoms with Crippen LogP contribution in [0.5, 0.6) is 0 Å². The summed E-state index contributed by atoms with van der Waals surface area (Å²) in [6, 6.07) is 9.66. The van der Waals surface area contributed by atoms with Crippen LogP contribution in [0.15, 0.2) is 30.3 Å². The van der Waals surface area contributed by atoms with Gasteiger partial charge in [0.05, 0.1) is 12.4 Å². The van der Waals surface area contributed by atoms with Crippen molar-refractivity contribution >= 4 is 10.1 Å². The molecule has 0 amide bonds. The molecule has 0 aliphatic carbocycles. The first-order chi connectivity index (χ1) is 7.96. The molecule has 94 valence electrons. The summed E-state index contributed by atoms with van der Waals surface area (Å²) in [5, 5.41) is 0. The van der Waals surface area contributed by atoms with Gasteiger partial charge in [-0.15, -0.1) is 0 Å². The third-order valence-corrected chi connectivity index (χ3v) is 3.30. The topological polar surface area (TPSA) is 55.9 Å². The van der Waals surface area contributed by atoms with E-state index in [1.54, 1.807) is 0 Å². The van der Waals surface area contributed by atoms with Crippen LogP contribution < -0.4 is 0 Å². The molecule has 0 bridgehead atoms. The van der Waals surface area contributed by atoms with Crippen molar-refractivity contribution < 1.29 is 17.3 Å². The minimum Gasteiger partial charge on any atom is -0.367 e. The van der Waals surface area contributed by atoms with E-state index in [2.05, 4.69) is 0 Å². The highest BCUT2D eigenvalue weighted by Crippen LogP contribution is 2.29. The Morgan fingerprint density at radius 1 is 1.35 bits per heavy atom. The molecule has 1 aromatic rings. The van der Waals surface area contributed by atoms with E-state index in [4.69, 9.17) is 8.92 Å². The third-order valence-electron chi connectivity index (χ3n) is 2.70. The van der Waals surface area contributed by atoms with Crippen molar-refractivity contribution in [3.8, 4) is 0 Å². The molecule has 1 saturated heterocycles. The van der Waals surface area contributed by atoms with Gasteiger partial charge >= 0.3 is 0 Å². The molecule has 0 saturated carbocycles. The van der Waals surface area contributed by atoms with Gasteiger partial charge in [-0.25, -0.2) is 0 Å². The average molecular weight is 256 g/mol. The fraction of sp³-hybridized carbons (Fsp3) is 0.500. The van der Waals surface area contributed by atoms with Crippen LogP contribution in [-0.2, 0) is 25.5 Å². The summed E-state index contributed by atoms with van der Waals surface area (Å²) in [4.78, 5) is 0. The highest BCUT2D eigenvalue weighted by molar-refractivity contribution is 7.86. The zero-order chi connectivity index (χ0) is 12.5. The number of benzene rings is 1. The van der Waals surface area contributed by atoms with Crippen molar-refractivity contribution in [1.82, 2.24) is 0 Å². The van der Waals surface area contributed by atoms with Crippen molar-refractivity contribution in [1.29, 1.82) is 0 Å². The second-order valence-corrected chi connectivity index (χ2v) is 5.94. The molecular weight excluding hydrogens is 240 g/mol. The number of hydrogen-bond acceptors (Lipinski definition) is 4. The first kappa shape index (κ1) is 12.5. The average Bonchev–Trinajstić information content (AvgIpc) is 2.94. The van der Waals surface area contributed by atoms with Crippen LogP contribution in [-0.4, -0.2) is 33.0 Å². The molecule has 17 heavy (non-hydrogen) atoms. The molecule has 4 nitrogen and oxygen atoms in total. The fourth-order valence-corrected chi connectivity index (χ4v) is 2.49. The molecule has 0 spiro atoms. The molecule has 1 fully saturated rings. The van der Waals surface area contributed by atoms with Gasteiger partial charge in [0, 0.05) is 6.42 Å². The third kappa shape index (κ3) is 3.80. The molecule has 1 aliphatic heterocycles. The zero-order valence-corrected chi connectivity index (χ0v) is 10.7. The van der Waals surface area contributed by atoms with Crippen LogP contribution in [0, 0.1) is 0 Å². The number of epoxide rings is 1. The monoisotopic (exact) mass is 256 g/mol. The lowest BCUT2D eigenvalue weighted by molar-refractivity contribution is 0.167. The molecular formula is C12H16O4S. The lowest BCUT2D eigenvalue weighted by Gasteiger charge is -2.14. The van der Waals surface area contributed by atoms with Gasteiger partial charge in [0.15, 0.2) is 0 Å². The summed E-state index contributed by atoms with van der Waals surface area (Å²) in [7, 11) is -3.45. The van der Waals surface area contributed by atoms with Crippen LogP contribution in [0.1, 0.15) is 12.5 Å². The Balaban J connectivity index is 2.06. The zero-order valence-electron chi connectivity index (χ0n) is 9.87. The summed E-state index contributed by atoms with van der Waals surface area (Å²) < 4.78 is 32.8. The van der Waals surface area contributed by atoms with Gasteiger partial charge in [0.25, 0.3) is 10.1 Å². The van der Waals surface area contributed by atoms with Crippen LogP contribution >= 0.6 is 0 Å². The highest BCUT2D eigenvalue weighted by atomic mass is 32.2. The Morgan fingerprint density at radius 3 is 2.41 bits per heavy atom. The standard InChI is InChI=1S/C12H16O4S/c1-9-12(15-9)11(16-17(2,13)14)8-10-6-4-3-5-7-10/h3-7,9,11-12H,8H2,1-2H3. The fourth-order valence-electron chi connectivity index (χ4n) is 1.87. The summed E-state index contributed by atoms with van der Waals surface area (Å²) in [5.74, 6) is 0. The maximum atomic E-state index is 11.2. The van der Waals surface area contributed by atoms with Gasteiger partial charge in [-0.1, -0.05) is 30.3 Å². The van der Waals surface area contributed by atoms with Gasteiger partial charge in [0.1, 0.15) is 12.2 Å². The first-order valence-corrected chi connectivity index (χ1v) is 7.35. The quantitative estimate of drug-likeness (QED) is 0.589. The van der Waals surface area contributed by atoms with Gasteiger partial charge < -0.3 is 4.74 Å². The van der Waals surface area contributed by atoms with E-state index in [1.807, 2.05) is 37.3 Å². The maximum Gasteiger partial charge on any atom is 0.264 e. The summed E-state index contributed by atoms with van der Waals surface area (Å²) in [5.41, 5.74) is 1.05. The second kappa shape index (κ2) is 4.76.